The summed E-state index contributed by atoms with van der Waals surface area (Å²) >= 11 is 0. The van der Waals surface area contributed by atoms with Gasteiger partial charge < -0.3 is 10.2 Å². The Morgan fingerprint density at radius 2 is 1.96 bits per heavy atom. The summed E-state index contributed by atoms with van der Waals surface area (Å²) in [5.41, 5.74) is 1.47. The molecule has 0 saturated carbocycles. The number of piperidine rings is 1. The van der Waals surface area contributed by atoms with Gasteiger partial charge >= 0.3 is 0 Å². The molecule has 1 aliphatic rings. The van der Waals surface area contributed by atoms with Gasteiger partial charge in [-0.2, -0.15) is 0 Å². The van der Waals surface area contributed by atoms with Gasteiger partial charge in [-0.05, 0) is 42.9 Å². The van der Waals surface area contributed by atoms with Crippen LogP contribution < -0.4 is 5.32 Å². The van der Waals surface area contributed by atoms with E-state index in [1.165, 1.54) is 18.5 Å². The van der Waals surface area contributed by atoms with Crippen molar-refractivity contribution >= 4 is 11.7 Å². The Bertz CT molecular complexity index is 712. The predicted octanol–water partition coefficient (Wildman–Crippen LogP) is 3.14. The number of carbonyl (C=O) groups is 1. The molecule has 5 nitrogen and oxygen atoms in total. The molecule has 3 rings (SSSR count). The molecular weight excluding hydrogens is 319 g/mol. The molecule has 1 saturated heterocycles. The molecule has 6 heteroatoms. The lowest BCUT2D eigenvalue weighted by Crippen LogP contribution is -2.38. The van der Waals surface area contributed by atoms with E-state index >= 15 is 0 Å². The third kappa shape index (κ3) is 4.75. The van der Waals surface area contributed by atoms with Crippen molar-refractivity contribution in [3.05, 3.63) is 53.7 Å². The highest BCUT2D eigenvalue weighted by molar-refractivity contribution is 5.92. The van der Waals surface area contributed by atoms with E-state index < -0.39 is 0 Å². The summed E-state index contributed by atoms with van der Waals surface area (Å²) in [6, 6.07) is 8.14. The summed E-state index contributed by atoms with van der Waals surface area (Å²) in [5, 5.41) is 3.20. The minimum atomic E-state index is -0.234. The molecule has 0 radical (unpaired) electrons. The number of nitrogens with zero attached hydrogens (tertiary/aromatic N) is 3. The lowest BCUT2D eigenvalue weighted by molar-refractivity contribution is 0.0691. The molecule has 1 aromatic carbocycles. The second-order valence-electron chi connectivity index (χ2n) is 6.57. The Kier molecular flexibility index (Phi) is 5.58. The first kappa shape index (κ1) is 17.3. The van der Waals surface area contributed by atoms with Gasteiger partial charge in [0, 0.05) is 25.7 Å². The molecular formula is C19H23FN4O. The Balaban J connectivity index is 1.55. The first-order valence-electron chi connectivity index (χ1n) is 8.71. The standard InChI is InChI=1S/C19H23FN4O/c1-14-7-10-24(11-8-14)19(25)17-12-18(23-13-22-17)21-9-6-15-2-4-16(20)5-3-15/h2-5,12-14H,6-11H2,1H3,(H,21,22,23). The van der Waals surface area contributed by atoms with Gasteiger partial charge in [-0.1, -0.05) is 19.1 Å². The highest BCUT2D eigenvalue weighted by Crippen LogP contribution is 2.18. The van der Waals surface area contributed by atoms with Crippen molar-refractivity contribution in [2.75, 3.05) is 25.0 Å². The number of aromatic nitrogens is 2. The number of carbonyl (C=O) groups excluding carboxylic acids is 1. The van der Waals surface area contributed by atoms with Gasteiger partial charge in [0.05, 0.1) is 0 Å². The summed E-state index contributed by atoms with van der Waals surface area (Å²) in [4.78, 5) is 22.7. The van der Waals surface area contributed by atoms with E-state index in [0.29, 0.717) is 24.0 Å². The summed E-state index contributed by atoms with van der Waals surface area (Å²) in [6.45, 7) is 4.45. The van der Waals surface area contributed by atoms with Crippen molar-refractivity contribution in [2.45, 2.75) is 26.2 Å². The summed E-state index contributed by atoms with van der Waals surface area (Å²) < 4.78 is 12.9. The fraction of sp³-hybridized carbons (Fsp3) is 0.421. The molecule has 0 bridgehead atoms. The zero-order chi connectivity index (χ0) is 17.6. The smallest absolute Gasteiger partial charge is 0.272 e. The topological polar surface area (TPSA) is 58.1 Å². The zero-order valence-electron chi connectivity index (χ0n) is 14.4. The number of rotatable bonds is 5. The molecule has 2 aromatic rings. The third-order valence-electron chi connectivity index (χ3n) is 4.59. The molecule has 1 N–H and O–H groups in total. The summed E-state index contributed by atoms with van der Waals surface area (Å²) in [6.07, 6.45) is 4.25. The van der Waals surface area contributed by atoms with Crippen LogP contribution in [0, 0.1) is 11.7 Å². The van der Waals surface area contributed by atoms with Gasteiger partial charge in [0.2, 0.25) is 0 Å². The number of amides is 1. The average Bonchev–Trinajstić information content (AvgIpc) is 2.64. The molecule has 1 amide bonds. The van der Waals surface area contributed by atoms with Gasteiger partial charge in [0.15, 0.2) is 0 Å². The predicted molar refractivity (Wildman–Crippen MR) is 94.9 cm³/mol. The SMILES string of the molecule is CC1CCN(C(=O)c2cc(NCCc3ccc(F)cc3)ncn2)CC1. The molecule has 2 heterocycles. The van der Waals surface area contributed by atoms with E-state index in [1.54, 1.807) is 18.2 Å². The average molecular weight is 342 g/mol. The Labute approximate surface area is 147 Å². The number of hydrogen-bond acceptors (Lipinski definition) is 4. The minimum absolute atomic E-state index is 0.0316. The van der Waals surface area contributed by atoms with Crippen LogP contribution in [-0.2, 0) is 6.42 Å². The van der Waals surface area contributed by atoms with Crippen LogP contribution in [0.2, 0.25) is 0 Å². The second kappa shape index (κ2) is 8.05. The highest BCUT2D eigenvalue weighted by Gasteiger charge is 2.22. The number of anilines is 1. The first-order chi connectivity index (χ1) is 12.1. The molecule has 25 heavy (non-hydrogen) atoms. The monoisotopic (exact) mass is 342 g/mol. The molecule has 0 aliphatic carbocycles. The number of halogens is 1. The van der Waals surface area contributed by atoms with E-state index in [9.17, 15) is 9.18 Å². The van der Waals surface area contributed by atoms with E-state index in [1.807, 2.05) is 4.90 Å². The van der Waals surface area contributed by atoms with Crippen LogP contribution in [0.4, 0.5) is 10.2 Å². The van der Waals surface area contributed by atoms with Crippen LogP contribution in [0.1, 0.15) is 35.8 Å². The van der Waals surface area contributed by atoms with E-state index in [0.717, 1.165) is 37.9 Å². The number of benzene rings is 1. The van der Waals surface area contributed by atoms with Gasteiger partial charge in [-0.15, -0.1) is 0 Å². The number of nitrogens with one attached hydrogen (secondary N) is 1. The second-order valence-corrected chi connectivity index (χ2v) is 6.57. The lowest BCUT2D eigenvalue weighted by Gasteiger charge is -2.30. The van der Waals surface area contributed by atoms with Crippen molar-refractivity contribution < 1.29 is 9.18 Å². The minimum Gasteiger partial charge on any atom is -0.370 e. The van der Waals surface area contributed by atoms with Crippen molar-refractivity contribution in [1.29, 1.82) is 0 Å². The normalized spacial score (nSPS) is 15.2. The van der Waals surface area contributed by atoms with Gasteiger partial charge in [-0.3, -0.25) is 4.79 Å². The molecule has 0 spiro atoms. The van der Waals surface area contributed by atoms with Crippen LogP contribution in [0.15, 0.2) is 36.7 Å². The summed E-state index contributed by atoms with van der Waals surface area (Å²) in [5.74, 6) is 1.04. The van der Waals surface area contributed by atoms with Gasteiger partial charge in [0.1, 0.15) is 23.7 Å². The van der Waals surface area contributed by atoms with Crippen LogP contribution in [0.3, 0.4) is 0 Å². The maximum atomic E-state index is 12.9. The van der Waals surface area contributed by atoms with E-state index in [2.05, 4.69) is 22.2 Å². The largest absolute Gasteiger partial charge is 0.370 e. The Morgan fingerprint density at radius 3 is 2.68 bits per heavy atom. The maximum absolute atomic E-state index is 12.9. The molecule has 1 aliphatic heterocycles. The molecule has 0 unspecified atom stereocenters. The fourth-order valence-corrected chi connectivity index (χ4v) is 2.93. The maximum Gasteiger partial charge on any atom is 0.272 e. The van der Waals surface area contributed by atoms with E-state index in [4.69, 9.17) is 0 Å². The first-order valence-corrected chi connectivity index (χ1v) is 8.71. The van der Waals surface area contributed by atoms with Gasteiger partial charge in [-0.25, -0.2) is 14.4 Å². The van der Waals surface area contributed by atoms with Crippen molar-refractivity contribution in [3.8, 4) is 0 Å². The lowest BCUT2D eigenvalue weighted by atomic mass is 9.99. The summed E-state index contributed by atoms with van der Waals surface area (Å²) in [7, 11) is 0. The van der Waals surface area contributed by atoms with Gasteiger partial charge in [0.25, 0.3) is 5.91 Å². The third-order valence-corrected chi connectivity index (χ3v) is 4.59. The van der Waals surface area contributed by atoms with E-state index in [-0.39, 0.29) is 11.7 Å². The highest BCUT2D eigenvalue weighted by atomic mass is 19.1. The molecule has 132 valence electrons. The fourth-order valence-electron chi connectivity index (χ4n) is 2.93. The van der Waals surface area contributed by atoms with Crippen molar-refractivity contribution in [3.63, 3.8) is 0 Å². The van der Waals surface area contributed by atoms with Crippen LogP contribution in [0.5, 0.6) is 0 Å². The molecule has 1 aromatic heterocycles. The Hall–Kier alpha value is -2.50. The quantitative estimate of drug-likeness (QED) is 0.907. The van der Waals surface area contributed by atoms with Crippen LogP contribution in [0.25, 0.3) is 0 Å². The molecule has 0 atom stereocenters. The van der Waals surface area contributed by atoms with Crippen molar-refractivity contribution in [1.82, 2.24) is 14.9 Å². The zero-order valence-corrected chi connectivity index (χ0v) is 14.4. The van der Waals surface area contributed by atoms with Crippen molar-refractivity contribution in [2.24, 2.45) is 5.92 Å². The van der Waals surface area contributed by atoms with Crippen LogP contribution in [-0.4, -0.2) is 40.4 Å². The number of likely N-dealkylation sites (tertiary alicyclic amines) is 1. The van der Waals surface area contributed by atoms with Crippen LogP contribution >= 0.6 is 0 Å². The number of hydrogen-bond donors (Lipinski definition) is 1. The Morgan fingerprint density at radius 1 is 1.24 bits per heavy atom. The molecule has 1 fully saturated rings.